The molecular weight excluding hydrogens is 248 g/mol. The number of hydrogen-bond acceptors (Lipinski definition) is 3. The summed E-state index contributed by atoms with van der Waals surface area (Å²) in [7, 11) is 0. The van der Waals surface area contributed by atoms with Gasteiger partial charge in [-0.15, -0.1) is 0 Å². The van der Waals surface area contributed by atoms with Crippen molar-refractivity contribution < 1.29 is 0 Å². The molecular formula is C16H24N4. The van der Waals surface area contributed by atoms with Gasteiger partial charge < -0.3 is 10.3 Å². The van der Waals surface area contributed by atoms with Gasteiger partial charge in [0.2, 0.25) is 0 Å². The Hall–Kier alpha value is -1.42. The Morgan fingerprint density at radius 2 is 2.10 bits per heavy atom. The number of aromatic nitrogens is 3. The quantitative estimate of drug-likeness (QED) is 0.934. The van der Waals surface area contributed by atoms with Crippen molar-refractivity contribution in [1.82, 2.24) is 14.5 Å². The van der Waals surface area contributed by atoms with Gasteiger partial charge in [-0.1, -0.05) is 6.42 Å². The monoisotopic (exact) mass is 272 g/mol. The number of rotatable bonds is 3. The van der Waals surface area contributed by atoms with Crippen LogP contribution in [0.3, 0.4) is 0 Å². The molecule has 108 valence electrons. The van der Waals surface area contributed by atoms with Crippen LogP contribution in [0.1, 0.15) is 45.9 Å². The van der Waals surface area contributed by atoms with Crippen molar-refractivity contribution in [3.63, 3.8) is 0 Å². The van der Waals surface area contributed by atoms with Crippen LogP contribution in [-0.4, -0.2) is 21.1 Å². The molecule has 0 amide bonds. The lowest BCUT2D eigenvalue weighted by molar-refractivity contribution is 0.138. The molecule has 2 aromatic heterocycles. The van der Waals surface area contributed by atoms with Crippen molar-refractivity contribution in [2.24, 2.45) is 11.1 Å². The third-order valence-corrected chi connectivity index (χ3v) is 4.58. The summed E-state index contributed by atoms with van der Waals surface area (Å²) < 4.78 is 2.36. The highest BCUT2D eigenvalue weighted by atomic mass is 15.1. The second kappa shape index (κ2) is 4.55. The number of imidazole rings is 1. The first-order chi connectivity index (χ1) is 9.45. The van der Waals surface area contributed by atoms with Gasteiger partial charge in [0.15, 0.2) is 0 Å². The predicted molar refractivity (Wildman–Crippen MR) is 81.6 cm³/mol. The lowest BCUT2D eigenvalue weighted by Crippen LogP contribution is -2.40. The van der Waals surface area contributed by atoms with E-state index in [1.54, 1.807) is 0 Å². The molecule has 4 heteroatoms. The molecule has 4 nitrogen and oxygen atoms in total. The Labute approximate surface area is 120 Å². The standard InChI is InChI=1S/C16H24N4/c1-15(2,3)20-13-5-8-18-10-12(13)19-14(20)9-16(11-17)6-4-7-16/h5,8,10H,4,6-7,9,11,17H2,1-3H3. The summed E-state index contributed by atoms with van der Waals surface area (Å²) in [5.74, 6) is 1.16. The van der Waals surface area contributed by atoms with Crippen molar-refractivity contribution in [2.45, 2.75) is 52.0 Å². The van der Waals surface area contributed by atoms with Gasteiger partial charge in [-0.05, 0) is 51.6 Å². The molecule has 1 fully saturated rings. The molecule has 0 saturated heterocycles. The summed E-state index contributed by atoms with van der Waals surface area (Å²) in [5, 5.41) is 0. The van der Waals surface area contributed by atoms with Gasteiger partial charge in [-0.25, -0.2) is 4.98 Å². The van der Waals surface area contributed by atoms with Crippen LogP contribution in [0.25, 0.3) is 11.0 Å². The molecule has 1 aliphatic rings. The summed E-state index contributed by atoms with van der Waals surface area (Å²) in [6.07, 6.45) is 8.45. The van der Waals surface area contributed by atoms with Gasteiger partial charge in [0.25, 0.3) is 0 Å². The molecule has 20 heavy (non-hydrogen) atoms. The van der Waals surface area contributed by atoms with E-state index in [0.717, 1.165) is 24.3 Å². The molecule has 0 radical (unpaired) electrons. The maximum Gasteiger partial charge on any atom is 0.111 e. The molecule has 3 rings (SSSR count). The highest BCUT2D eigenvalue weighted by Gasteiger charge is 2.38. The smallest absolute Gasteiger partial charge is 0.111 e. The minimum absolute atomic E-state index is 0.0188. The summed E-state index contributed by atoms with van der Waals surface area (Å²) in [6.45, 7) is 7.45. The van der Waals surface area contributed by atoms with Gasteiger partial charge in [0.1, 0.15) is 11.3 Å². The SMILES string of the molecule is CC(C)(C)n1c(CC2(CN)CCC2)nc2cnccc21. The summed E-state index contributed by atoms with van der Waals surface area (Å²) >= 11 is 0. The zero-order valence-electron chi connectivity index (χ0n) is 12.7. The molecule has 0 atom stereocenters. The fraction of sp³-hybridized carbons (Fsp3) is 0.625. The minimum atomic E-state index is 0.0188. The van der Waals surface area contributed by atoms with Crippen LogP contribution < -0.4 is 5.73 Å². The van der Waals surface area contributed by atoms with Crippen molar-refractivity contribution in [3.8, 4) is 0 Å². The van der Waals surface area contributed by atoms with Crippen LogP contribution in [0, 0.1) is 5.41 Å². The summed E-state index contributed by atoms with van der Waals surface area (Å²) in [6, 6.07) is 2.06. The predicted octanol–water partition coefficient (Wildman–Crippen LogP) is 2.86. The first-order valence-electron chi connectivity index (χ1n) is 7.47. The zero-order valence-corrected chi connectivity index (χ0v) is 12.7. The molecule has 2 heterocycles. The molecule has 0 aliphatic heterocycles. The van der Waals surface area contributed by atoms with E-state index in [4.69, 9.17) is 10.7 Å². The Balaban J connectivity index is 2.10. The first-order valence-corrected chi connectivity index (χ1v) is 7.47. The van der Waals surface area contributed by atoms with E-state index in [1.165, 1.54) is 24.8 Å². The lowest BCUT2D eigenvalue weighted by atomic mass is 9.66. The maximum atomic E-state index is 6.02. The molecule has 1 aliphatic carbocycles. The van der Waals surface area contributed by atoms with Gasteiger partial charge >= 0.3 is 0 Å². The Bertz CT molecular complexity index is 611. The molecule has 0 bridgehead atoms. The Kier molecular flexibility index (Phi) is 3.09. The van der Waals surface area contributed by atoms with E-state index in [-0.39, 0.29) is 11.0 Å². The molecule has 0 spiro atoms. The van der Waals surface area contributed by atoms with Gasteiger partial charge in [0, 0.05) is 18.2 Å². The molecule has 2 aromatic rings. The largest absolute Gasteiger partial charge is 0.330 e. The third-order valence-electron chi connectivity index (χ3n) is 4.58. The molecule has 2 N–H and O–H groups in total. The van der Waals surface area contributed by atoms with Crippen molar-refractivity contribution in [1.29, 1.82) is 0 Å². The lowest BCUT2D eigenvalue weighted by Gasteiger charge is -2.41. The normalized spacial score (nSPS) is 18.2. The minimum Gasteiger partial charge on any atom is -0.330 e. The van der Waals surface area contributed by atoms with Crippen molar-refractivity contribution in [2.75, 3.05) is 6.54 Å². The molecule has 0 unspecified atom stereocenters. The third kappa shape index (κ3) is 2.12. The van der Waals surface area contributed by atoms with Crippen LogP contribution >= 0.6 is 0 Å². The van der Waals surface area contributed by atoms with Gasteiger partial charge in [0.05, 0.1) is 11.7 Å². The van der Waals surface area contributed by atoms with Crippen molar-refractivity contribution >= 4 is 11.0 Å². The van der Waals surface area contributed by atoms with E-state index in [9.17, 15) is 0 Å². The Morgan fingerprint density at radius 1 is 1.35 bits per heavy atom. The van der Waals surface area contributed by atoms with Crippen LogP contribution in [-0.2, 0) is 12.0 Å². The number of hydrogen-bond donors (Lipinski definition) is 1. The zero-order chi connectivity index (χ0) is 14.4. The average molecular weight is 272 g/mol. The van der Waals surface area contributed by atoms with Gasteiger partial charge in [-0.3, -0.25) is 4.98 Å². The van der Waals surface area contributed by atoms with Crippen LogP contribution in [0.15, 0.2) is 18.5 Å². The highest BCUT2D eigenvalue weighted by molar-refractivity contribution is 5.75. The van der Waals surface area contributed by atoms with Crippen LogP contribution in [0.4, 0.5) is 0 Å². The Morgan fingerprint density at radius 3 is 2.65 bits per heavy atom. The maximum absolute atomic E-state index is 6.02. The fourth-order valence-corrected chi connectivity index (χ4v) is 3.31. The fourth-order valence-electron chi connectivity index (χ4n) is 3.31. The number of nitrogens with two attached hydrogens (primary N) is 1. The summed E-state index contributed by atoms with van der Waals surface area (Å²) in [4.78, 5) is 9.04. The highest BCUT2D eigenvalue weighted by Crippen LogP contribution is 2.43. The van der Waals surface area contributed by atoms with E-state index in [0.29, 0.717) is 0 Å². The van der Waals surface area contributed by atoms with E-state index in [2.05, 4.69) is 36.4 Å². The second-order valence-electron chi connectivity index (χ2n) is 7.13. The van der Waals surface area contributed by atoms with Crippen LogP contribution in [0.5, 0.6) is 0 Å². The topological polar surface area (TPSA) is 56.7 Å². The van der Waals surface area contributed by atoms with E-state index >= 15 is 0 Å². The first kappa shape index (κ1) is 13.6. The number of pyridine rings is 1. The average Bonchev–Trinajstić information content (AvgIpc) is 2.71. The summed E-state index contributed by atoms with van der Waals surface area (Å²) in [5.41, 5.74) is 8.48. The van der Waals surface area contributed by atoms with E-state index < -0.39 is 0 Å². The molecule has 1 saturated carbocycles. The van der Waals surface area contributed by atoms with Crippen LogP contribution in [0.2, 0.25) is 0 Å². The van der Waals surface area contributed by atoms with E-state index in [1.807, 2.05) is 12.4 Å². The van der Waals surface area contributed by atoms with Gasteiger partial charge in [-0.2, -0.15) is 0 Å². The second-order valence-corrected chi connectivity index (χ2v) is 7.13. The van der Waals surface area contributed by atoms with Crippen molar-refractivity contribution in [3.05, 3.63) is 24.3 Å². The molecule has 0 aromatic carbocycles. The number of nitrogens with zero attached hydrogens (tertiary/aromatic N) is 3. The number of fused-ring (bicyclic) bond motifs is 1.